The van der Waals surface area contributed by atoms with Gasteiger partial charge in [-0.3, -0.25) is 19.1 Å². The third-order valence-electron chi connectivity index (χ3n) is 4.88. The molecule has 0 saturated heterocycles. The number of hydrogen-bond donors (Lipinski definition) is 1. The van der Waals surface area contributed by atoms with Crippen molar-refractivity contribution in [2.24, 2.45) is 4.99 Å². The molecule has 1 aromatic heterocycles. The number of aliphatic imine (C=N–C) groups is 1. The molecule has 3 aromatic rings. The van der Waals surface area contributed by atoms with Gasteiger partial charge < -0.3 is 10.2 Å². The van der Waals surface area contributed by atoms with Crippen LogP contribution in [0.1, 0.15) is 5.56 Å². The zero-order valence-corrected chi connectivity index (χ0v) is 16.2. The molecule has 0 radical (unpaired) electrons. The number of para-hydroxylation sites is 1. The molecule has 0 unspecified atom stereocenters. The van der Waals surface area contributed by atoms with Crippen molar-refractivity contribution in [1.82, 2.24) is 14.5 Å². The quantitative estimate of drug-likeness (QED) is 0.725. The summed E-state index contributed by atoms with van der Waals surface area (Å²) >= 11 is 1.64. The largest absolute Gasteiger partial charge is 0.325 e. The van der Waals surface area contributed by atoms with Gasteiger partial charge in [-0.15, -0.1) is 0 Å². The van der Waals surface area contributed by atoms with E-state index in [-0.39, 0.29) is 18.0 Å². The molecule has 29 heavy (non-hydrogen) atoms. The first-order valence-electron chi connectivity index (χ1n) is 9.22. The van der Waals surface area contributed by atoms with Crippen LogP contribution in [0.15, 0.2) is 70.1 Å². The summed E-state index contributed by atoms with van der Waals surface area (Å²) in [5.74, 6) is -0.276. The van der Waals surface area contributed by atoms with Crippen LogP contribution in [0.5, 0.6) is 0 Å². The molecule has 2 aliphatic heterocycles. The molecular weight excluding hydrogens is 386 g/mol. The Morgan fingerprint density at radius 3 is 2.83 bits per heavy atom. The van der Waals surface area contributed by atoms with Gasteiger partial charge in [-0.2, -0.15) is 0 Å². The molecule has 2 aromatic carbocycles. The number of aromatic nitrogens is 2. The number of rotatable bonds is 4. The average Bonchev–Trinajstić information content (AvgIpc) is 3.35. The lowest BCUT2D eigenvalue weighted by molar-refractivity contribution is -0.116. The second-order valence-corrected chi connectivity index (χ2v) is 7.59. The SMILES string of the molecule is O=C(Cn1cnc2ccccc2c1=O)Nc1ccc(C2=CSC3=NCCN23)cc1. The molecule has 0 fully saturated rings. The summed E-state index contributed by atoms with van der Waals surface area (Å²) in [5.41, 5.74) is 3.29. The minimum absolute atomic E-state index is 0.0895. The van der Waals surface area contributed by atoms with E-state index >= 15 is 0 Å². The average molecular weight is 403 g/mol. The van der Waals surface area contributed by atoms with E-state index in [0.717, 1.165) is 29.5 Å². The highest BCUT2D eigenvalue weighted by Crippen LogP contribution is 2.35. The van der Waals surface area contributed by atoms with Crippen LogP contribution in [-0.4, -0.2) is 38.6 Å². The second-order valence-electron chi connectivity index (χ2n) is 6.76. The molecular formula is C21H17N5O2S. The summed E-state index contributed by atoms with van der Waals surface area (Å²) < 4.78 is 1.32. The van der Waals surface area contributed by atoms with Gasteiger partial charge in [-0.05, 0) is 29.8 Å². The normalized spacial score (nSPS) is 15.2. The Labute approximate surface area is 170 Å². The highest BCUT2D eigenvalue weighted by atomic mass is 32.2. The van der Waals surface area contributed by atoms with Gasteiger partial charge in [0.1, 0.15) is 6.54 Å². The number of carbonyl (C=O) groups excluding carboxylic acids is 1. The number of nitrogens with one attached hydrogen (secondary N) is 1. The van der Waals surface area contributed by atoms with Crippen LogP contribution in [0.2, 0.25) is 0 Å². The predicted molar refractivity (Wildman–Crippen MR) is 116 cm³/mol. The first-order chi connectivity index (χ1) is 14.2. The van der Waals surface area contributed by atoms with E-state index in [4.69, 9.17) is 0 Å². The minimum Gasteiger partial charge on any atom is -0.325 e. The summed E-state index contributed by atoms with van der Waals surface area (Å²) in [6.45, 7) is 1.64. The molecule has 144 valence electrons. The molecule has 7 nitrogen and oxygen atoms in total. The Morgan fingerprint density at radius 1 is 1.14 bits per heavy atom. The van der Waals surface area contributed by atoms with Crippen LogP contribution in [0.3, 0.4) is 0 Å². The number of anilines is 1. The molecule has 1 amide bonds. The lowest BCUT2D eigenvalue weighted by Gasteiger charge is -2.17. The summed E-state index contributed by atoms with van der Waals surface area (Å²) in [4.78, 5) is 35.9. The van der Waals surface area contributed by atoms with E-state index in [0.29, 0.717) is 16.6 Å². The number of hydrogen-bond acceptors (Lipinski definition) is 6. The maximum Gasteiger partial charge on any atom is 0.261 e. The summed E-state index contributed by atoms with van der Waals surface area (Å²) in [5, 5.41) is 6.49. The maximum absolute atomic E-state index is 12.5. The van der Waals surface area contributed by atoms with Gasteiger partial charge in [0.2, 0.25) is 5.91 Å². The fourth-order valence-corrected chi connectivity index (χ4v) is 4.41. The van der Waals surface area contributed by atoms with Crippen molar-refractivity contribution in [2.45, 2.75) is 6.54 Å². The van der Waals surface area contributed by atoms with E-state index in [1.54, 1.807) is 30.0 Å². The predicted octanol–water partition coefficient (Wildman–Crippen LogP) is 2.75. The Hall–Kier alpha value is -3.39. The summed E-state index contributed by atoms with van der Waals surface area (Å²) in [6, 6.07) is 14.8. The Balaban J connectivity index is 1.28. The molecule has 0 saturated carbocycles. The zero-order chi connectivity index (χ0) is 19.8. The number of nitrogens with zero attached hydrogens (tertiary/aromatic N) is 4. The Kier molecular flexibility index (Phi) is 4.40. The van der Waals surface area contributed by atoms with E-state index in [2.05, 4.69) is 25.6 Å². The fourth-order valence-electron chi connectivity index (χ4n) is 3.45. The minimum atomic E-state index is -0.276. The van der Waals surface area contributed by atoms with Gasteiger partial charge >= 0.3 is 0 Å². The Bertz CT molecular complexity index is 1230. The van der Waals surface area contributed by atoms with Crippen molar-refractivity contribution in [3.8, 4) is 0 Å². The number of amidine groups is 1. The highest BCUT2D eigenvalue weighted by Gasteiger charge is 2.26. The molecule has 0 atom stereocenters. The van der Waals surface area contributed by atoms with Gasteiger partial charge in [0.05, 0.1) is 29.5 Å². The van der Waals surface area contributed by atoms with Crippen molar-refractivity contribution in [2.75, 3.05) is 18.4 Å². The maximum atomic E-state index is 12.5. The van der Waals surface area contributed by atoms with Gasteiger partial charge in [0, 0.05) is 17.6 Å². The van der Waals surface area contributed by atoms with Crippen LogP contribution in [0.4, 0.5) is 5.69 Å². The zero-order valence-electron chi connectivity index (χ0n) is 15.4. The Morgan fingerprint density at radius 2 is 1.97 bits per heavy atom. The van der Waals surface area contributed by atoms with Gasteiger partial charge in [-0.25, -0.2) is 4.98 Å². The van der Waals surface area contributed by atoms with Crippen molar-refractivity contribution in [3.05, 3.63) is 76.2 Å². The highest BCUT2D eigenvalue weighted by molar-refractivity contribution is 8.16. The molecule has 8 heteroatoms. The van der Waals surface area contributed by atoms with Gasteiger partial charge in [0.25, 0.3) is 5.56 Å². The summed E-state index contributed by atoms with van der Waals surface area (Å²) in [6.07, 6.45) is 1.41. The molecule has 1 N–H and O–H groups in total. The van der Waals surface area contributed by atoms with Crippen LogP contribution in [0.25, 0.3) is 16.6 Å². The molecule has 0 aliphatic carbocycles. The monoisotopic (exact) mass is 403 g/mol. The van der Waals surface area contributed by atoms with Gasteiger partial charge in [-0.1, -0.05) is 36.0 Å². The fraction of sp³-hybridized carbons (Fsp3) is 0.143. The number of benzene rings is 2. The molecule has 0 bridgehead atoms. The topological polar surface area (TPSA) is 79.6 Å². The second kappa shape index (κ2) is 7.21. The number of fused-ring (bicyclic) bond motifs is 2. The van der Waals surface area contributed by atoms with Crippen LogP contribution in [0, 0.1) is 0 Å². The van der Waals surface area contributed by atoms with Gasteiger partial charge in [0.15, 0.2) is 5.17 Å². The van der Waals surface area contributed by atoms with Crippen LogP contribution >= 0.6 is 11.8 Å². The third-order valence-corrected chi connectivity index (χ3v) is 5.78. The van der Waals surface area contributed by atoms with Crippen molar-refractivity contribution < 1.29 is 4.79 Å². The molecule has 3 heterocycles. The number of amides is 1. The van der Waals surface area contributed by atoms with Crippen molar-refractivity contribution in [1.29, 1.82) is 0 Å². The standard InChI is InChI=1S/C21H17N5O2S/c27-19(11-25-13-23-17-4-2-1-3-16(17)20(25)28)24-15-7-5-14(6-8-15)18-12-29-21-22-9-10-26(18)21/h1-8,12-13H,9-11H2,(H,24,27). The van der Waals surface area contributed by atoms with E-state index in [1.165, 1.54) is 10.9 Å². The van der Waals surface area contributed by atoms with E-state index in [9.17, 15) is 9.59 Å². The van der Waals surface area contributed by atoms with Crippen molar-refractivity contribution in [3.63, 3.8) is 0 Å². The molecule has 0 spiro atoms. The lowest BCUT2D eigenvalue weighted by Crippen LogP contribution is -2.27. The number of carbonyl (C=O) groups is 1. The van der Waals surface area contributed by atoms with E-state index < -0.39 is 0 Å². The smallest absolute Gasteiger partial charge is 0.261 e. The number of thioether (sulfide) groups is 1. The molecule has 2 aliphatic rings. The summed E-state index contributed by atoms with van der Waals surface area (Å²) in [7, 11) is 0. The first-order valence-corrected chi connectivity index (χ1v) is 10.1. The van der Waals surface area contributed by atoms with Crippen molar-refractivity contribution >= 4 is 45.1 Å². The first kappa shape index (κ1) is 17.7. The van der Waals surface area contributed by atoms with Crippen LogP contribution < -0.4 is 10.9 Å². The third kappa shape index (κ3) is 3.31. The lowest BCUT2D eigenvalue weighted by atomic mass is 10.1. The van der Waals surface area contributed by atoms with E-state index in [1.807, 2.05) is 30.3 Å². The van der Waals surface area contributed by atoms with Crippen LogP contribution in [-0.2, 0) is 11.3 Å². The molecule has 5 rings (SSSR count).